The number of carbonyl (C=O) groups is 2. The molecule has 1 amide bonds. The van der Waals surface area contributed by atoms with Gasteiger partial charge in [0.25, 0.3) is 0 Å². The SMILES string of the molecule is CCCCc1ccccc1O[C@H](C)CN[C@H](C(=O)N(C)[C@H](C)C(C)=O)C1CC1. The molecule has 156 valence electrons. The predicted octanol–water partition coefficient (Wildman–Crippen LogP) is 3.60. The Morgan fingerprint density at radius 1 is 1.25 bits per heavy atom. The van der Waals surface area contributed by atoms with Gasteiger partial charge < -0.3 is 15.0 Å². The van der Waals surface area contributed by atoms with Crippen LogP contribution in [0.25, 0.3) is 0 Å². The van der Waals surface area contributed by atoms with Gasteiger partial charge in [0.2, 0.25) is 5.91 Å². The van der Waals surface area contributed by atoms with E-state index in [0.717, 1.165) is 37.9 Å². The molecule has 0 radical (unpaired) electrons. The van der Waals surface area contributed by atoms with Crippen LogP contribution >= 0.6 is 0 Å². The van der Waals surface area contributed by atoms with Crippen LogP contribution in [0.2, 0.25) is 0 Å². The monoisotopic (exact) mass is 388 g/mol. The van der Waals surface area contributed by atoms with E-state index in [4.69, 9.17) is 4.74 Å². The van der Waals surface area contributed by atoms with Crippen LogP contribution in [0.3, 0.4) is 0 Å². The molecule has 0 aliphatic heterocycles. The average molecular weight is 389 g/mol. The number of benzene rings is 1. The molecule has 2 rings (SSSR count). The van der Waals surface area contributed by atoms with E-state index in [1.807, 2.05) is 19.1 Å². The summed E-state index contributed by atoms with van der Waals surface area (Å²) in [5.74, 6) is 1.30. The van der Waals surface area contributed by atoms with Crippen molar-refractivity contribution in [3.05, 3.63) is 29.8 Å². The summed E-state index contributed by atoms with van der Waals surface area (Å²) in [6, 6.07) is 7.56. The first-order valence-corrected chi connectivity index (χ1v) is 10.6. The summed E-state index contributed by atoms with van der Waals surface area (Å²) in [5.41, 5.74) is 1.24. The van der Waals surface area contributed by atoms with Crippen LogP contribution in [0.1, 0.15) is 58.9 Å². The first-order valence-electron chi connectivity index (χ1n) is 10.6. The molecular formula is C23H36N2O3. The molecule has 0 saturated heterocycles. The van der Waals surface area contributed by atoms with Gasteiger partial charge in [-0.2, -0.15) is 0 Å². The Morgan fingerprint density at radius 2 is 1.93 bits per heavy atom. The van der Waals surface area contributed by atoms with Crippen molar-refractivity contribution < 1.29 is 14.3 Å². The molecule has 1 saturated carbocycles. The maximum Gasteiger partial charge on any atom is 0.240 e. The fourth-order valence-electron chi connectivity index (χ4n) is 3.31. The second-order valence-corrected chi connectivity index (χ2v) is 8.10. The number of rotatable bonds is 12. The van der Waals surface area contributed by atoms with Crippen molar-refractivity contribution in [1.82, 2.24) is 10.2 Å². The molecule has 1 aliphatic carbocycles. The topological polar surface area (TPSA) is 58.6 Å². The molecule has 1 aliphatic rings. The van der Waals surface area contributed by atoms with E-state index >= 15 is 0 Å². The van der Waals surface area contributed by atoms with Crippen molar-refractivity contribution in [3.8, 4) is 5.75 Å². The van der Waals surface area contributed by atoms with Gasteiger partial charge in [0.1, 0.15) is 11.9 Å². The van der Waals surface area contributed by atoms with Gasteiger partial charge in [0, 0.05) is 13.6 Å². The van der Waals surface area contributed by atoms with E-state index in [1.165, 1.54) is 12.5 Å². The molecular weight excluding hydrogens is 352 g/mol. The van der Waals surface area contributed by atoms with Crippen molar-refractivity contribution in [3.63, 3.8) is 0 Å². The van der Waals surface area contributed by atoms with Crippen LogP contribution in [0.4, 0.5) is 0 Å². The highest BCUT2D eigenvalue weighted by Gasteiger charge is 2.38. The normalized spacial score (nSPS) is 16.9. The lowest BCUT2D eigenvalue weighted by Gasteiger charge is -2.29. The summed E-state index contributed by atoms with van der Waals surface area (Å²) in [5, 5.41) is 3.41. The van der Waals surface area contributed by atoms with Crippen molar-refractivity contribution in [2.75, 3.05) is 13.6 Å². The highest BCUT2D eigenvalue weighted by molar-refractivity contribution is 5.89. The number of para-hydroxylation sites is 1. The fourth-order valence-corrected chi connectivity index (χ4v) is 3.31. The fraction of sp³-hybridized carbons (Fsp3) is 0.652. The number of likely N-dealkylation sites (N-methyl/N-ethyl adjacent to an activating group) is 1. The molecule has 1 fully saturated rings. The first-order chi connectivity index (χ1) is 13.3. The zero-order chi connectivity index (χ0) is 20.7. The van der Waals surface area contributed by atoms with Crippen LogP contribution in [-0.2, 0) is 16.0 Å². The van der Waals surface area contributed by atoms with Gasteiger partial charge in [-0.05, 0) is 64.0 Å². The molecule has 28 heavy (non-hydrogen) atoms. The number of amides is 1. The Balaban J connectivity index is 1.93. The number of carbonyl (C=O) groups excluding carboxylic acids is 2. The van der Waals surface area contributed by atoms with Gasteiger partial charge in [-0.3, -0.25) is 9.59 Å². The molecule has 1 aromatic rings. The predicted molar refractivity (Wildman–Crippen MR) is 113 cm³/mol. The summed E-state index contributed by atoms with van der Waals surface area (Å²) in [7, 11) is 1.72. The number of nitrogens with one attached hydrogen (secondary N) is 1. The zero-order valence-corrected chi connectivity index (χ0v) is 18.0. The Hall–Kier alpha value is -1.88. The largest absolute Gasteiger partial charge is 0.489 e. The van der Waals surface area contributed by atoms with Gasteiger partial charge in [0.15, 0.2) is 5.78 Å². The van der Waals surface area contributed by atoms with Gasteiger partial charge in [-0.1, -0.05) is 31.5 Å². The highest BCUT2D eigenvalue weighted by Crippen LogP contribution is 2.33. The lowest BCUT2D eigenvalue weighted by Crippen LogP contribution is -2.52. The number of nitrogens with zero attached hydrogens (tertiary/aromatic N) is 1. The lowest BCUT2D eigenvalue weighted by atomic mass is 10.1. The summed E-state index contributed by atoms with van der Waals surface area (Å²) >= 11 is 0. The van der Waals surface area contributed by atoms with Crippen molar-refractivity contribution in [1.29, 1.82) is 0 Å². The summed E-state index contributed by atoms with van der Waals surface area (Å²) in [6.45, 7) is 8.12. The third-order valence-corrected chi connectivity index (χ3v) is 5.60. The number of ketones is 1. The van der Waals surface area contributed by atoms with Crippen LogP contribution < -0.4 is 10.1 Å². The van der Waals surface area contributed by atoms with Crippen molar-refractivity contribution in [2.24, 2.45) is 5.92 Å². The van der Waals surface area contributed by atoms with Gasteiger partial charge in [-0.15, -0.1) is 0 Å². The first kappa shape index (κ1) is 22.4. The van der Waals surface area contributed by atoms with Gasteiger partial charge in [0.05, 0.1) is 12.1 Å². The number of Topliss-reactive ketones (excluding diaryl/α,β-unsaturated/α-hetero) is 1. The minimum Gasteiger partial charge on any atom is -0.489 e. The second kappa shape index (κ2) is 10.6. The minimum atomic E-state index is -0.394. The van der Waals surface area contributed by atoms with Crippen LogP contribution in [0, 0.1) is 5.92 Å². The molecule has 0 unspecified atom stereocenters. The van der Waals surface area contributed by atoms with E-state index in [9.17, 15) is 9.59 Å². The lowest BCUT2D eigenvalue weighted by molar-refractivity contribution is -0.139. The van der Waals surface area contributed by atoms with E-state index in [1.54, 1.807) is 18.9 Å². The minimum absolute atomic E-state index is 0.000691. The van der Waals surface area contributed by atoms with Crippen LogP contribution in [0.5, 0.6) is 5.75 Å². The van der Waals surface area contributed by atoms with Crippen LogP contribution in [-0.4, -0.2) is 48.4 Å². The van der Waals surface area contributed by atoms with Gasteiger partial charge >= 0.3 is 0 Å². The average Bonchev–Trinajstić information content (AvgIpc) is 3.51. The molecule has 1 N–H and O–H groups in total. The maximum absolute atomic E-state index is 12.9. The van der Waals surface area contributed by atoms with E-state index in [0.29, 0.717) is 12.5 Å². The number of unbranched alkanes of at least 4 members (excludes halogenated alkanes) is 1. The summed E-state index contributed by atoms with van der Waals surface area (Å²) < 4.78 is 6.18. The van der Waals surface area contributed by atoms with E-state index in [2.05, 4.69) is 24.4 Å². The van der Waals surface area contributed by atoms with Crippen LogP contribution in [0.15, 0.2) is 24.3 Å². The Kier molecular flexibility index (Phi) is 8.49. The Bertz CT molecular complexity index is 657. The molecule has 1 aromatic carbocycles. The highest BCUT2D eigenvalue weighted by atomic mass is 16.5. The zero-order valence-electron chi connectivity index (χ0n) is 18.0. The molecule has 0 bridgehead atoms. The molecule has 3 atom stereocenters. The molecule has 5 heteroatoms. The standard InChI is InChI=1S/C23H36N2O3/c1-6-7-10-19-11-8-9-12-21(19)28-16(2)15-24-22(20-13-14-20)23(27)25(5)17(3)18(4)26/h8-9,11-12,16-17,20,22,24H,6-7,10,13-15H2,1-5H3/t16-,17-,22+/m1/s1. The summed E-state index contributed by atoms with van der Waals surface area (Å²) in [4.78, 5) is 26.1. The van der Waals surface area contributed by atoms with Gasteiger partial charge in [-0.25, -0.2) is 0 Å². The summed E-state index contributed by atoms with van der Waals surface area (Å²) in [6.07, 6.45) is 5.38. The molecule has 5 nitrogen and oxygen atoms in total. The quantitative estimate of drug-likeness (QED) is 0.594. The Morgan fingerprint density at radius 3 is 2.54 bits per heavy atom. The number of hydrogen-bond donors (Lipinski definition) is 1. The maximum atomic E-state index is 12.9. The third-order valence-electron chi connectivity index (χ3n) is 5.60. The number of ether oxygens (including phenoxy) is 1. The molecule has 0 aromatic heterocycles. The number of hydrogen-bond acceptors (Lipinski definition) is 4. The second-order valence-electron chi connectivity index (χ2n) is 8.10. The van der Waals surface area contributed by atoms with E-state index < -0.39 is 6.04 Å². The van der Waals surface area contributed by atoms with E-state index in [-0.39, 0.29) is 23.8 Å². The number of aryl methyl sites for hydroxylation is 1. The molecule has 0 heterocycles. The third kappa shape index (κ3) is 6.33. The molecule has 0 spiro atoms. The van der Waals surface area contributed by atoms with Crippen molar-refractivity contribution >= 4 is 11.7 Å². The van der Waals surface area contributed by atoms with Crippen molar-refractivity contribution in [2.45, 2.75) is 78.0 Å². The Labute approximate surface area is 169 Å². The smallest absolute Gasteiger partial charge is 0.240 e.